The van der Waals surface area contributed by atoms with Crippen molar-refractivity contribution in [2.45, 2.75) is 31.2 Å². The molecule has 0 radical (unpaired) electrons. The largest absolute Gasteiger partial charge is 0.481 e. The summed E-state index contributed by atoms with van der Waals surface area (Å²) in [6.07, 6.45) is -10.8. The van der Waals surface area contributed by atoms with Gasteiger partial charge in [-0.15, -0.1) is 0 Å². The van der Waals surface area contributed by atoms with Gasteiger partial charge < -0.3 is 10.8 Å². The van der Waals surface area contributed by atoms with Crippen molar-refractivity contribution in [3.63, 3.8) is 0 Å². The summed E-state index contributed by atoms with van der Waals surface area (Å²) >= 11 is 0. The topological polar surface area (TPSA) is 63.3 Å². The Balaban J connectivity index is 3.17. The van der Waals surface area contributed by atoms with E-state index in [-0.39, 0.29) is 11.6 Å². The second-order valence-electron chi connectivity index (χ2n) is 4.48. The molecule has 1 aromatic carbocycles. The second-order valence-corrected chi connectivity index (χ2v) is 4.48. The monoisotopic (exact) mass is 315 g/mol. The molecule has 0 fully saturated rings. The Kier molecular flexibility index (Phi) is 4.87. The number of benzene rings is 1. The van der Waals surface area contributed by atoms with Crippen LogP contribution in [0.1, 0.15) is 23.1 Å². The zero-order valence-corrected chi connectivity index (χ0v) is 10.4. The minimum atomic E-state index is -4.94. The first-order chi connectivity index (χ1) is 9.39. The molecule has 1 atom stereocenters. The first-order valence-electron chi connectivity index (χ1n) is 5.65. The van der Waals surface area contributed by atoms with Crippen LogP contribution in [0, 0.1) is 0 Å². The van der Waals surface area contributed by atoms with Gasteiger partial charge in [-0.1, -0.05) is 0 Å². The molecule has 118 valence electrons. The van der Waals surface area contributed by atoms with Crippen molar-refractivity contribution in [2.24, 2.45) is 5.73 Å². The molecule has 0 spiro atoms. The number of hydrogen-bond donors (Lipinski definition) is 2. The van der Waals surface area contributed by atoms with Gasteiger partial charge in [0.2, 0.25) is 0 Å². The molecule has 21 heavy (non-hydrogen) atoms. The van der Waals surface area contributed by atoms with Crippen molar-refractivity contribution in [2.75, 3.05) is 0 Å². The summed E-state index contributed by atoms with van der Waals surface area (Å²) in [6, 6.07) is 0.00666. The van der Waals surface area contributed by atoms with Crippen molar-refractivity contribution >= 4 is 5.97 Å². The van der Waals surface area contributed by atoms with Gasteiger partial charge in [-0.2, -0.15) is 26.3 Å². The molecule has 0 aromatic heterocycles. The van der Waals surface area contributed by atoms with E-state index in [1.807, 2.05) is 0 Å². The zero-order chi connectivity index (χ0) is 16.4. The number of carbonyl (C=O) groups is 1. The average molecular weight is 315 g/mol. The van der Waals surface area contributed by atoms with Gasteiger partial charge in [0.05, 0.1) is 17.5 Å². The number of aliphatic carboxylic acids is 1. The number of alkyl halides is 6. The number of rotatable bonds is 4. The fourth-order valence-electron chi connectivity index (χ4n) is 1.74. The van der Waals surface area contributed by atoms with Crippen LogP contribution in [-0.4, -0.2) is 17.1 Å². The summed E-state index contributed by atoms with van der Waals surface area (Å²) in [4.78, 5) is 10.4. The van der Waals surface area contributed by atoms with Crippen LogP contribution in [0.2, 0.25) is 0 Å². The standard InChI is InChI=1S/C12H11F6NO2/c13-11(14,15)7-1-6(3-9(19)5-10(20)21)2-8(4-7)12(16,17)18/h1-2,4,9H,3,5,19H2,(H,20,21). The van der Waals surface area contributed by atoms with E-state index in [0.717, 1.165) is 0 Å². The maximum absolute atomic E-state index is 12.6. The molecule has 1 unspecified atom stereocenters. The molecule has 0 saturated carbocycles. The maximum Gasteiger partial charge on any atom is 0.416 e. The van der Waals surface area contributed by atoms with E-state index in [1.165, 1.54) is 0 Å². The summed E-state index contributed by atoms with van der Waals surface area (Å²) in [5.41, 5.74) is 2.17. The fourth-order valence-corrected chi connectivity index (χ4v) is 1.74. The van der Waals surface area contributed by atoms with E-state index in [1.54, 1.807) is 0 Å². The van der Waals surface area contributed by atoms with Crippen LogP contribution >= 0.6 is 0 Å². The highest BCUT2D eigenvalue weighted by molar-refractivity contribution is 5.67. The number of hydrogen-bond acceptors (Lipinski definition) is 2. The van der Waals surface area contributed by atoms with Gasteiger partial charge >= 0.3 is 18.3 Å². The molecular formula is C12H11F6NO2. The molecule has 3 N–H and O–H groups in total. The van der Waals surface area contributed by atoms with Crippen LogP contribution in [0.5, 0.6) is 0 Å². The molecule has 0 aliphatic heterocycles. The lowest BCUT2D eigenvalue weighted by Crippen LogP contribution is -2.26. The van der Waals surface area contributed by atoms with Gasteiger partial charge in [-0.25, -0.2) is 0 Å². The number of carboxylic acid groups (broad SMARTS) is 1. The predicted octanol–water partition coefficient (Wildman–Crippen LogP) is 3.07. The second kappa shape index (κ2) is 5.92. The molecule has 0 amide bonds. The first kappa shape index (κ1) is 17.3. The van der Waals surface area contributed by atoms with E-state index in [4.69, 9.17) is 10.8 Å². The Hall–Kier alpha value is -1.77. The third kappa shape index (κ3) is 5.25. The third-order valence-corrected chi connectivity index (χ3v) is 2.58. The van der Waals surface area contributed by atoms with Gasteiger partial charge in [0.15, 0.2) is 0 Å². The van der Waals surface area contributed by atoms with Crippen LogP contribution < -0.4 is 5.73 Å². The Morgan fingerprint density at radius 3 is 1.81 bits per heavy atom. The highest BCUT2D eigenvalue weighted by Crippen LogP contribution is 2.36. The Bertz CT molecular complexity index is 491. The van der Waals surface area contributed by atoms with Crippen molar-refractivity contribution in [1.82, 2.24) is 0 Å². The summed E-state index contributed by atoms with van der Waals surface area (Å²) < 4.78 is 75.5. The molecule has 0 heterocycles. The van der Waals surface area contributed by atoms with Gasteiger partial charge in [0.25, 0.3) is 0 Å². The molecule has 9 heteroatoms. The lowest BCUT2D eigenvalue weighted by Gasteiger charge is -2.16. The van der Waals surface area contributed by atoms with E-state index < -0.39 is 48.3 Å². The molecule has 0 saturated heterocycles. The van der Waals surface area contributed by atoms with Gasteiger partial charge in [-0.3, -0.25) is 4.79 Å². The van der Waals surface area contributed by atoms with E-state index in [9.17, 15) is 31.1 Å². The first-order valence-corrected chi connectivity index (χ1v) is 5.65. The predicted molar refractivity (Wildman–Crippen MR) is 60.4 cm³/mol. The zero-order valence-electron chi connectivity index (χ0n) is 10.4. The lowest BCUT2D eigenvalue weighted by molar-refractivity contribution is -0.143. The summed E-state index contributed by atoms with van der Waals surface area (Å²) in [5.74, 6) is -1.29. The molecule has 1 aromatic rings. The minimum Gasteiger partial charge on any atom is -0.481 e. The molecule has 3 nitrogen and oxygen atoms in total. The fraction of sp³-hybridized carbons (Fsp3) is 0.417. The van der Waals surface area contributed by atoms with E-state index in [2.05, 4.69) is 0 Å². The molecule has 1 rings (SSSR count). The number of carboxylic acids is 1. The average Bonchev–Trinajstić information content (AvgIpc) is 2.24. The van der Waals surface area contributed by atoms with Crippen molar-refractivity contribution < 1.29 is 36.2 Å². The quantitative estimate of drug-likeness (QED) is 0.839. The van der Waals surface area contributed by atoms with Crippen LogP contribution in [-0.2, 0) is 23.6 Å². The number of halogens is 6. The molecule has 0 bridgehead atoms. The van der Waals surface area contributed by atoms with Gasteiger partial charge in [0, 0.05) is 6.04 Å². The van der Waals surface area contributed by atoms with Gasteiger partial charge in [0.1, 0.15) is 0 Å². The van der Waals surface area contributed by atoms with Gasteiger partial charge in [-0.05, 0) is 30.2 Å². The Morgan fingerprint density at radius 1 is 1.05 bits per heavy atom. The normalized spacial score (nSPS) is 14.0. The van der Waals surface area contributed by atoms with Crippen LogP contribution in [0.3, 0.4) is 0 Å². The smallest absolute Gasteiger partial charge is 0.416 e. The SMILES string of the molecule is NC(CC(=O)O)Cc1cc(C(F)(F)F)cc(C(F)(F)F)c1. The molecular weight excluding hydrogens is 304 g/mol. The maximum atomic E-state index is 12.6. The number of nitrogens with two attached hydrogens (primary N) is 1. The Labute approximate surface area is 115 Å². The molecule has 0 aliphatic carbocycles. The van der Waals surface area contributed by atoms with E-state index in [0.29, 0.717) is 12.1 Å². The highest BCUT2D eigenvalue weighted by atomic mass is 19.4. The lowest BCUT2D eigenvalue weighted by atomic mass is 9.98. The molecule has 0 aliphatic rings. The van der Waals surface area contributed by atoms with E-state index >= 15 is 0 Å². The Morgan fingerprint density at radius 2 is 1.48 bits per heavy atom. The van der Waals surface area contributed by atoms with Crippen molar-refractivity contribution in [3.05, 3.63) is 34.9 Å². The van der Waals surface area contributed by atoms with Crippen LogP contribution in [0.15, 0.2) is 18.2 Å². The van der Waals surface area contributed by atoms with Crippen LogP contribution in [0.25, 0.3) is 0 Å². The summed E-state index contributed by atoms with van der Waals surface area (Å²) in [6.45, 7) is 0. The van der Waals surface area contributed by atoms with Crippen molar-refractivity contribution in [3.8, 4) is 0 Å². The minimum absolute atomic E-state index is 0.00617. The summed E-state index contributed by atoms with van der Waals surface area (Å²) in [7, 11) is 0. The van der Waals surface area contributed by atoms with Crippen LogP contribution in [0.4, 0.5) is 26.3 Å². The highest BCUT2D eigenvalue weighted by Gasteiger charge is 2.36. The third-order valence-electron chi connectivity index (χ3n) is 2.58. The van der Waals surface area contributed by atoms with Crippen molar-refractivity contribution in [1.29, 1.82) is 0 Å². The summed E-state index contributed by atoms with van der Waals surface area (Å²) in [5, 5.41) is 8.49.